The van der Waals surface area contributed by atoms with Crippen molar-refractivity contribution in [2.24, 2.45) is 0 Å². The number of hydrogen-bond acceptors (Lipinski definition) is 2. The molecule has 2 rings (SSSR count). The molecule has 0 bridgehead atoms. The van der Waals surface area contributed by atoms with Crippen LogP contribution in [0.1, 0.15) is 21.5 Å². The molecule has 0 aliphatic rings. The topological polar surface area (TPSA) is 46.5 Å². The van der Waals surface area contributed by atoms with Crippen molar-refractivity contribution in [2.75, 3.05) is 0 Å². The van der Waals surface area contributed by atoms with E-state index in [0.29, 0.717) is 11.1 Å². The highest BCUT2D eigenvalue weighted by atomic mass is 16.5. The van der Waals surface area contributed by atoms with Gasteiger partial charge in [-0.2, -0.15) is 0 Å². The molecule has 0 aliphatic carbocycles. The maximum absolute atomic E-state index is 11.1. The molecule has 0 aromatic heterocycles. The first kappa shape index (κ1) is 12.2. The normalized spacial score (nSPS) is 10.1. The van der Waals surface area contributed by atoms with Crippen LogP contribution in [0.2, 0.25) is 0 Å². The van der Waals surface area contributed by atoms with E-state index in [1.54, 1.807) is 12.1 Å². The van der Waals surface area contributed by atoms with Gasteiger partial charge in [-0.1, -0.05) is 35.9 Å². The van der Waals surface area contributed by atoms with Crippen molar-refractivity contribution in [2.45, 2.75) is 13.5 Å². The molecule has 0 spiro atoms. The van der Waals surface area contributed by atoms with Gasteiger partial charge in [0.2, 0.25) is 0 Å². The lowest BCUT2D eigenvalue weighted by Gasteiger charge is -2.09. The third-order valence-electron chi connectivity index (χ3n) is 2.63. The lowest BCUT2D eigenvalue weighted by molar-refractivity contribution is 0.0694. The molecular formula is C15H14O3. The van der Waals surface area contributed by atoms with Gasteiger partial charge in [-0.25, -0.2) is 4.79 Å². The first-order chi connectivity index (χ1) is 8.66. The Hall–Kier alpha value is -2.29. The molecule has 0 saturated carbocycles. The van der Waals surface area contributed by atoms with Gasteiger partial charge in [0.1, 0.15) is 12.4 Å². The van der Waals surface area contributed by atoms with Gasteiger partial charge in [0, 0.05) is 5.56 Å². The predicted molar refractivity (Wildman–Crippen MR) is 68.9 cm³/mol. The van der Waals surface area contributed by atoms with E-state index in [-0.39, 0.29) is 6.61 Å². The summed E-state index contributed by atoms with van der Waals surface area (Å²) >= 11 is 0. The Labute approximate surface area is 106 Å². The van der Waals surface area contributed by atoms with E-state index in [1.165, 1.54) is 0 Å². The van der Waals surface area contributed by atoms with Crippen molar-refractivity contribution in [3.05, 3.63) is 65.2 Å². The number of hydrogen-bond donors (Lipinski definition) is 1. The fourth-order valence-electron chi connectivity index (χ4n) is 1.69. The van der Waals surface area contributed by atoms with Crippen LogP contribution in [0.25, 0.3) is 0 Å². The van der Waals surface area contributed by atoms with Crippen molar-refractivity contribution in [3.8, 4) is 5.75 Å². The molecule has 18 heavy (non-hydrogen) atoms. The maximum atomic E-state index is 11.1. The highest BCUT2D eigenvalue weighted by Gasteiger charge is 2.10. The van der Waals surface area contributed by atoms with Gasteiger partial charge >= 0.3 is 5.97 Å². The Balaban J connectivity index is 2.17. The van der Waals surface area contributed by atoms with E-state index < -0.39 is 5.97 Å². The summed E-state index contributed by atoms with van der Waals surface area (Å²) in [4.78, 5) is 11.1. The summed E-state index contributed by atoms with van der Waals surface area (Å²) in [6.07, 6.45) is 0. The Kier molecular flexibility index (Phi) is 3.63. The zero-order valence-electron chi connectivity index (χ0n) is 10.1. The van der Waals surface area contributed by atoms with Gasteiger partial charge in [-0.3, -0.25) is 0 Å². The minimum atomic E-state index is -0.926. The van der Waals surface area contributed by atoms with E-state index in [4.69, 9.17) is 9.84 Å². The summed E-state index contributed by atoms with van der Waals surface area (Å²) in [5.41, 5.74) is 1.90. The summed E-state index contributed by atoms with van der Waals surface area (Å²) < 4.78 is 5.56. The molecule has 3 heteroatoms. The molecule has 0 fully saturated rings. The molecule has 0 unspecified atom stereocenters. The van der Waals surface area contributed by atoms with Crippen LogP contribution in [-0.2, 0) is 6.61 Å². The number of aromatic carboxylic acids is 1. The smallest absolute Gasteiger partial charge is 0.336 e. The highest BCUT2D eigenvalue weighted by molar-refractivity contribution is 5.89. The third-order valence-corrected chi connectivity index (χ3v) is 2.63. The molecule has 0 atom stereocenters. The minimum absolute atomic E-state index is 0.256. The number of para-hydroxylation sites is 1. The van der Waals surface area contributed by atoms with Gasteiger partial charge in [0.05, 0.1) is 5.56 Å². The Morgan fingerprint density at radius 1 is 1.17 bits per heavy atom. The molecule has 2 aromatic rings. The number of benzene rings is 2. The van der Waals surface area contributed by atoms with Gasteiger partial charge in [0.25, 0.3) is 0 Å². The second kappa shape index (κ2) is 5.36. The monoisotopic (exact) mass is 242 g/mol. The molecular weight excluding hydrogens is 228 g/mol. The number of carboxylic acids is 1. The van der Waals surface area contributed by atoms with Crippen LogP contribution in [0, 0.1) is 6.92 Å². The number of ether oxygens (including phenoxy) is 1. The lowest BCUT2D eigenvalue weighted by atomic mass is 10.1. The standard InChI is InChI=1S/C15H14O3/c1-11-7-8-12(14(9-11)15(16)17)10-18-13-5-3-2-4-6-13/h2-9H,10H2,1H3,(H,16,17). The number of rotatable bonds is 4. The fourth-order valence-corrected chi connectivity index (χ4v) is 1.69. The average Bonchev–Trinajstić information content (AvgIpc) is 2.38. The van der Waals surface area contributed by atoms with Crippen LogP contribution < -0.4 is 4.74 Å². The summed E-state index contributed by atoms with van der Waals surface area (Å²) in [6.45, 7) is 2.13. The largest absolute Gasteiger partial charge is 0.489 e. The molecule has 0 aliphatic heterocycles. The van der Waals surface area contributed by atoms with Crippen LogP contribution in [0.15, 0.2) is 48.5 Å². The number of carbonyl (C=O) groups is 1. The maximum Gasteiger partial charge on any atom is 0.336 e. The van der Waals surface area contributed by atoms with E-state index in [2.05, 4.69) is 0 Å². The molecule has 2 aromatic carbocycles. The second-order valence-corrected chi connectivity index (χ2v) is 4.07. The third kappa shape index (κ3) is 2.88. The predicted octanol–water partition coefficient (Wildman–Crippen LogP) is 3.27. The van der Waals surface area contributed by atoms with E-state index in [0.717, 1.165) is 11.3 Å². The van der Waals surface area contributed by atoms with E-state index in [1.807, 2.05) is 43.3 Å². The average molecular weight is 242 g/mol. The second-order valence-electron chi connectivity index (χ2n) is 4.07. The fraction of sp³-hybridized carbons (Fsp3) is 0.133. The Bertz CT molecular complexity index is 547. The van der Waals surface area contributed by atoms with Crippen LogP contribution >= 0.6 is 0 Å². The molecule has 0 heterocycles. The van der Waals surface area contributed by atoms with Crippen molar-refractivity contribution in [1.29, 1.82) is 0 Å². The highest BCUT2D eigenvalue weighted by Crippen LogP contribution is 2.16. The van der Waals surface area contributed by atoms with Crippen LogP contribution in [0.3, 0.4) is 0 Å². The molecule has 3 nitrogen and oxygen atoms in total. The Morgan fingerprint density at radius 3 is 2.56 bits per heavy atom. The van der Waals surface area contributed by atoms with Crippen molar-refractivity contribution >= 4 is 5.97 Å². The first-order valence-electron chi connectivity index (χ1n) is 5.67. The molecule has 0 amide bonds. The van der Waals surface area contributed by atoms with Gasteiger partial charge in [-0.05, 0) is 25.1 Å². The summed E-state index contributed by atoms with van der Waals surface area (Å²) in [5.74, 6) is -0.195. The van der Waals surface area contributed by atoms with Crippen LogP contribution in [-0.4, -0.2) is 11.1 Å². The summed E-state index contributed by atoms with van der Waals surface area (Å²) in [5, 5.41) is 9.13. The molecule has 0 radical (unpaired) electrons. The van der Waals surface area contributed by atoms with Gasteiger partial charge < -0.3 is 9.84 Å². The minimum Gasteiger partial charge on any atom is -0.489 e. The van der Waals surface area contributed by atoms with Gasteiger partial charge in [-0.15, -0.1) is 0 Å². The molecule has 92 valence electrons. The van der Waals surface area contributed by atoms with Crippen molar-refractivity contribution < 1.29 is 14.6 Å². The summed E-state index contributed by atoms with van der Waals surface area (Å²) in [7, 11) is 0. The van der Waals surface area contributed by atoms with E-state index >= 15 is 0 Å². The Morgan fingerprint density at radius 2 is 1.89 bits per heavy atom. The zero-order chi connectivity index (χ0) is 13.0. The van der Waals surface area contributed by atoms with E-state index in [9.17, 15) is 4.79 Å². The SMILES string of the molecule is Cc1ccc(COc2ccccc2)c(C(=O)O)c1. The number of carboxylic acid groups (broad SMARTS) is 1. The summed E-state index contributed by atoms with van der Waals surface area (Å²) in [6, 6.07) is 14.7. The quantitative estimate of drug-likeness (QED) is 0.895. The van der Waals surface area contributed by atoms with Crippen molar-refractivity contribution in [3.63, 3.8) is 0 Å². The lowest BCUT2D eigenvalue weighted by Crippen LogP contribution is -2.06. The molecule has 0 saturated heterocycles. The number of aryl methyl sites for hydroxylation is 1. The van der Waals surface area contributed by atoms with Crippen LogP contribution in [0.5, 0.6) is 5.75 Å². The van der Waals surface area contributed by atoms with Crippen molar-refractivity contribution in [1.82, 2.24) is 0 Å². The first-order valence-corrected chi connectivity index (χ1v) is 5.67. The van der Waals surface area contributed by atoms with Gasteiger partial charge in [0.15, 0.2) is 0 Å². The molecule has 1 N–H and O–H groups in total. The zero-order valence-corrected chi connectivity index (χ0v) is 10.1. The van der Waals surface area contributed by atoms with Crippen LogP contribution in [0.4, 0.5) is 0 Å².